The van der Waals surface area contributed by atoms with Crippen molar-refractivity contribution in [2.45, 2.75) is 18.7 Å². The molecule has 29 heavy (non-hydrogen) atoms. The lowest BCUT2D eigenvalue weighted by atomic mass is 9.96. The highest BCUT2D eigenvalue weighted by atomic mass is 79.9. The fraction of sp³-hybridized carbons (Fsp3) is 0.136. The van der Waals surface area contributed by atoms with E-state index in [9.17, 15) is 5.11 Å². The predicted octanol–water partition coefficient (Wildman–Crippen LogP) is 6.70. The fourth-order valence-electron chi connectivity index (χ4n) is 3.84. The van der Waals surface area contributed by atoms with Crippen molar-refractivity contribution in [1.29, 1.82) is 0 Å². The summed E-state index contributed by atoms with van der Waals surface area (Å²) < 4.78 is 7.25. The molecule has 5 rings (SSSR count). The van der Waals surface area contributed by atoms with Crippen molar-refractivity contribution in [2.75, 3.05) is 0 Å². The number of hydrogen-bond donors (Lipinski definition) is 1. The molecule has 4 nitrogen and oxygen atoms in total. The van der Waals surface area contributed by atoms with Gasteiger partial charge in [0.2, 0.25) is 6.23 Å². The summed E-state index contributed by atoms with van der Waals surface area (Å²) >= 11 is 15.9. The third kappa shape index (κ3) is 3.27. The Labute approximate surface area is 186 Å². The number of rotatable bonds is 2. The van der Waals surface area contributed by atoms with Crippen LogP contribution in [0.25, 0.3) is 0 Å². The number of phenols is 1. The zero-order valence-corrected chi connectivity index (χ0v) is 18.1. The van der Waals surface area contributed by atoms with Crippen LogP contribution in [0.5, 0.6) is 11.5 Å². The summed E-state index contributed by atoms with van der Waals surface area (Å²) in [6, 6.07) is 19.1. The van der Waals surface area contributed by atoms with Gasteiger partial charge in [0, 0.05) is 21.5 Å². The van der Waals surface area contributed by atoms with E-state index in [1.54, 1.807) is 6.07 Å². The number of aromatic hydroxyl groups is 1. The highest BCUT2D eigenvalue weighted by Gasteiger charge is 2.42. The topological polar surface area (TPSA) is 45.1 Å². The Balaban J connectivity index is 1.66. The van der Waals surface area contributed by atoms with E-state index in [1.807, 2.05) is 47.5 Å². The molecule has 2 heterocycles. The second-order valence-electron chi connectivity index (χ2n) is 6.99. The average molecular weight is 490 g/mol. The summed E-state index contributed by atoms with van der Waals surface area (Å²) in [6.45, 7) is 0. The first-order valence-corrected chi connectivity index (χ1v) is 10.6. The van der Waals surface area contributed by atoms with Gasteiger partial charge in [-0.3, -0.25) is 0 Å². The van der Waals surface area contributed by atoms with Crippen molar-refractivity contribution >= 4 is 44.8 Å². The SMILES string of the molecule is Oc1c(Cl)cc(Cl)cc1[C@@H]1Oc2ccc(Br)cc2[C@H]2CC(c3ccccc3)=NN21. The summed E-state index contributed by atoms with van der Waals surface area (Å²) in [5.74, 6) is 0.697. The van der Waals surface area contributed by atoms with Crippen molar-refractivity contribution in [3.05, 3.63) is 91.9 Å². The molecule has 0 spiro atoms. The van der Waals surface area contributed by atoms with Crippen LogP contribution >= 0.6 is 39.1 Å². The van der Waals surface area contributed by atoms with Gasteiger partial charge >= 0.3 is 0 Å². The number of benzene rings is 3. The number of ether oxygens (including phenoxy) is 1. The van der Waals surface area contributed by atoms with Gasteiger partial charge in [0.25, 0.3) is 0 Å². The first-order chi connectivity index (χ1) is 14.0. The summed E-state index contributed by atoms with van der Waals surface area (Å²) in [4.78, 5) is 0. The first-order valence-electron chi connectivity index (χ1n) is 9.06. The lowest BCUT2D eigenvalue weighted by molar-refractivity contribution is -0.0203. The minimum atomic E-state index is -0.647. The molecule has 2 aliphatic heterocycles. The van der Waals surface area contributed by atoms with Crippen LogP contribution in [-0.4, -0.2) is 15.8 Å². The zero-order valence-electron chi connectivity index (χ0n) is 15.0. The maximum absolute atomic E-state index is 10.6. The Morgan fingerprint density at radius 2 is 1.83 bits per heavy atom. The molecule has 3 aromatic carbocycles. The minimum absolute atomic E-state index is 0.0337. The van der Waals surface area contributed by atoms with Crippen LogP contribution in [-0.2, 0) is 0 Å². The van der Waals surface area contributed by atoms with Crippen LogP contribution in [0.15, 0.2) is 70.2 Å². The molecule has 0 bridgehead atoms. The molecule has 0 radical (unpaired) electrons. The van der Waals surface area contributed by atoms with E-state index in [4.69, 9.17) is 33.0 Å². The van der Waals surface area contributed by atoms with E-state index in [1.165, 1.54) is 6.07 Å². The Morgan fingerprint density at radius 1 is 1.03 bits per heavy atom. The molecular weight excluding hydrogens is 475 g/mol. The Hall–Kier alpha value is -2.21. The molecule has 0 saturated carbocycles. The molecule has 0 unspecified atom stereocenters. The number of hydrogen-bond acceptors (Lipinski definition) is 4. The van der Waals surface area contributed by atoms with Crippen molar-refractivity contribution in [3.63, 3.8) is 0 Å². The highest BCUT2D eigenvalue weighted by molar-refractivity contribution is 9.10. The third-order valence-corrected chi connectivity index (χ3v) is 6.18. The summed E-state index contributed by atoms with van der Waals surface area (Å²) in [6.07, 6.45) is 0.0774. The number of phenolic OH excluding ortho intramolecular Hbond substituents is 1. The van der Waals surface area contributed by atoms with Crippen molar-refractivity contribution in [3.8, 4) is 11.5 Å². The lowest BCUT2D eigenvalue weighted by Gasteiger charge is -2.38. The van der Waals surface area contributed by atoms with Gasteiger partial charge in [-0.25, -0.2) is 5.01 Å². The van der Waals surface area contributed by atoms with Crippen LogP contribution in [0.3, 0.4) is 0 Å². The standard InChI is InChI=1S/C22H15BrCl2N2O2/c23-13-6-7-20-15(8-13)19-11-18(12-4-2-1-3-5-12)26-27(19)22(29-20)16-9-14(24)10-17(25)21(16)28/h1-10,19,22,28H,11H2/t19-,22+/m1/s1. The van der Waals surface area contributed by atoms with Gasteiger partial charge in [0.05, 0.1) is 22.3 Å². The van der Waals surface area contributed by atoms with Crippen LogP contribution in [0.2, 0.25) is 10.0 Å². The van der Waals surface area contributed by atoms with Gasteiger partial charge in [-0.1, -0.05) is 69.5 Å². The number of hydrazone groups is 1. The maximum Gasteiger partial charge on any atom is 0.217 e. The smallest absolute Gasteiger partial charge is 0.217 e. The zero-order chi connectivity index (χ0) is 20.1. The average Bonchev–Trinajstić information content (AvgIpc) is 3.17. The summed E-state index contributed by atoms with van der Waals surface area (Å²) in [7, 11) is 0. The predicted molar refractivity (Wildman–Crippen MR) is 118 cm³/mol. The molecule has 0 aromatic heterocycles. The maximum atomic E-state index is 10.6. The number of fused-ring (bicyclic) bond motifs is 3. The number of halogens is 3. The van der Waals surface area contributed by atoms with Crippen molar-refractivity contribution in [2.24, 2.45) is 5.10 Å². The molecule has 0 amide bonds. The van der Waals surface area contributed by atoms with E-state index in [-0.39, 0.29) is 16.8 Å². The van der Waals surface area contributed by atoms with Gasteiger partial charge < -0.3 is 9.84 Å². The molecule has 0 aliphatic carbocycles. The van der Waals surface area contributed by atoms with E-state index in [0.29, 0.717) is 10.6 Å². The Kier molecular flexibility index (Phi) is 4.69. The molecule has 0 saturated heterocycles. The first kappa shape index (κ1) is 18.8. The summed E-state index contributed by atoms with van der Waals surface area (Å²) in [5, 5.41) is 18.0. The van der Waals surface area contributed by atoms with Crippen LogP contribution in [0, 0.1) is 0 Å². The molecule has 2 atom stereocenters. The molecule has 0 fully saturated rings. The van der Waals surface area contributed by atoms with Gasteiger partial charge in [-0.05, 0) is 35.9 Å². The van der Waals surface area contributed by atoms with E-state index in [0.717, 1.165) is 33.5 Å². The van der Waals surface area contributed by atoms with Crippen LogP contribution in [0.1, 0.15) is 35.4 Å². The number of nitrogens with zero attached hydrogens (tertiary/aromatic N) is 2. The third-order valence-electron chi connectivity index (χ3n) is 5.18. The molecule has 1 N–H and O–H groups in total. The van der Waals surface area contributed by atoms with Gasteiger partial charge in [0.1, 0.15) is 11.5 Å². The molecule has 2 aliphatic rings. The van der Waals surface area contributed by atoms with Gasteiger partial charge in [-0.15, -0.1) is 0 Å². The van der Waals surface area contributed by atoms with Gasteiger partial charge in [-0.2, -0.15) is 5.10 Å². The minimum Gasteiger partial charge on any atom is -0.506 e. The highest BCUT2D eigenvalue weighted by Crippen LogP contribution is 2.50. The van der Waals surface area contributed by atoms with Crippen molar-refractivity contribution < 1.29 is 9.84 Å². The normalized spacial score (nSPS) is 20.0. The molecule has 3 aromatic rings. The monoisotopic (exact) mass is 488 g/mol. The quantitative estimate of drug-likeness (QED) is 0.435. The van der Waals surface area contributed by atoms with Crippen LogP contribution < -0.4 is 4.74 Å². The lowest BCUT2D eigenvalue weighted by Crippen LogP contribution is -2.33. The second-order valence-corrected chi connectivity index (χ2v) is 8.75. The van der Waals surface area contributed by atoms with Crippen molar-refractivity contribution in [1.82, 2.24) is 5.01 Å². The van der Waals surface area contributed by atoms with E-state index in [2.05, 4.69) is 22.0 Å². The second kappa shape index (κ2) is 7.24. The van der Waals surface area contributed by atoms with E-state index < -0.39 is 6.23 Å². The molecule has 7 heteroatoms. The Bertz CT molecular complexity index is 1140. The molecular formula is C22H15BrCl2N2O2. The Morgan fingerprint density at radius 3 is 2.62 bits per heavy atom. The van der Waals surface area contributed by atoms with Crippen LogP contribution in [0.4, 0.5) is 0 Å². The summed E-state index contributed by atoms with van der Waals surface area (Å²) in [5.41, 5.74) is 3.55. The fourth-order valence-corrected chi connectivity index (χ4v) is 4.73. The largest absolute Gasteiger partial charge is 0.506 e. The van der Waals surface area contributed by atoms with Gasteiger partial charge in [0.15, 0.2) is 0 Å². The molecule has 146 valence electrons. The van der Waals surface area contributed by atoms with E-state index >= 15 is 0 Å².